The summed E-state index contributed by atoms with van der Waals surface area (Å²) in [5.74, 6) is -1.37. The topological polar surface area (TPSA) is 40.5 Å². The molecule has 1 N–H and O–H groups in total. The van der Waals surface area contributed by atoms with Gasteiger partial charge in [-0.3, -0.25) is 0 Å². The molecule has 0 bridgehead atoms. The van der Waals surface area contributed by atoms with Gasteiger partial charge in [-0.1, -0.05) is 19.4 Å². The van der Waals surface area contributed by atoms with Gasteiger partial charge >= 0.3 is 5.97 Å². The van der Waals surface area contributed by atoms with E-state index in [-0.39, 0.29) is 5.82 Å². The van der Waals surface area contributed by atoms with Crippen molar-refractivity contribution in [3.63, 3.8) is 0 Å². The molecule has 0 aliphatic heterocycles. The van der Waals surface area contributed by atoms with Crippen LogP contribution in [0, 0.1) is 5.82 Å². The first-order valence-corrected chi connectivity index (χ1v) is 5.96. The zero-order chi connectivity index (χ0) is 13.5. The Morgan fingerprint density at radius 3 is 2.78 bits per heavy atom. The molecule has 0 aromatic heterocycles. The van der Waals surface area contributed by atoms with Gasteiger partial charge in [-0.15, -0.1) is 0 Å². The van der Waals surface area contributed by atoms with Crippen LogP contribution < -0.4 is 4.90 Å². The molecule has 0 radical (unpaired) electrons. The molecule has 1 aromatic rings. The molecule has 98 valence electrons. The van der Waals surface area contributed by atoms with Crippen molar-refractivity contribution in [3.05, 3.63) is 35.7 Å². The van der Waals surface area contributed by atoms with Crippen molar-refractivity contribution in [2.24, 2.45) is 0 Å². The molecule has 0 aliphatic rings. The summed E-state index contributed by atoms with van der Waals surface area (Å²) in [4.78, 5) is 12.2. The molecule has 4 heteroatoms. The molecular formula is C14H18FNO2. The summed E-state index contributed by atoms with van der Waals surface area (Å²) in [5.41, 5.74) is 1.08. The van der Waals surface area contributed by atoms with Gasteiger partial charge in [0.25, 0.3) is 0 Å². The monoisotopic (exact) mass is 251 g/mol. The number of unbranched alkanes of at least 4 members (excludes halogenated alkanes) is 1. The van der Waals surface area contributed by atoms with Crippen molar-refractivity contribution in [3.8, 4) is 0 Å². The molecule has 0 amide bonds. The quantitative estimate of drug-likeness (QED) is 0.789. The van der Waals surface area contributed by atoms with E-state index in [1.807, 2.05) is 11.9 Å². The predicted octanol–water partition coefficient (Wildman–Crippen LogP) is 3.16. The van der Waals surface area contributed by atoms with Crippen LogP contribution in [-0.2, 0) is 4.79 Å². The maximum atomic E-state index is 13.8. The molecule has 18 heavy (non-hydrogen) atoms. The third-order valence-electron chi connectivity index (χ3n) is 2.65. The smallest absolute Gasteiger partial charge is 0.328 e. The molecule has 0 spiro atoms. The van der Waals surface area contributed by atoms with Gasteiger partial charge in [-0.05, 0) is 30.2 Å². The maximum Gasteiger partial charge on any atom is 0.328 e. The molecule has 1 aromatic carbocycles. The Hall–Kier alpha value is -1.84. The fourth-order valence-corrected chi connectivity index (χ4v) is 1.62. The Kier molecular flexibility index (Phi) is 5.36. The lowest BCUT2D eigenvalue weighted by molar-refractivity contribution is -0.131. The molecule has 0 saturated carbocycles. The van der Waals surface area contributed by atoms with Crippen LogP contribution in [0.5, 0.6) is 0 Å². The molecule has 0 saturated heterocycles. The summed E-state index contributed by atoms with van der Waals surface area (Å²) >= 11 is 0. The normalized spacial score (nSPS) is 10.8. The van der Waals surface area contributed by atoms with Gasteiger partial charge < -0.3 is 10.0 Å². The second kappa shape index (κ2) is 6.79. The van der Waals surface area contributed by atoms with Crippen LogP contribution in [-0.4, -0.2) is 24.7 Å². The minimum atomic E-state index is -1.04. The van der Waals surface area contributed by atoms with Crippen molar-refractivity contribution in [1.29, 1.82) is 0 Å². The summed E-state index contributed by atoms with van der Waals surface area (Å²) in [6, 6.07) is 4.73. The van der Waals surface area contributed by atoms with E-state index in [1.165, 1.54) is 12.1 Å². The highest BCUT2D eigenvalue weighted by atomic mass is 19.1. The number of anilines is 1. The van der Waals surface area contributed by atoms with Gasteiger partial charge in [-0.25, -0.2) is 9.18 Å². The van der Waals surface area contributed by atoms with Gasteiger partial charge in [-0.2, -0.15) is 0 Å². The van der Waals surface area contributed by atoms with Crippen LogP contribution >= 0.6 is 0 Å². The molecule has 0 aliphatic carbocycles. The maximum absolute atomic E-state index is 13.8. The summed E-state index contributed by atoms with van der Waals surface area (Å²) in [6.45, 7) is 2.89. The third-order valence-corrected chi connectivity index (χ3v) is 2.65. The predicted molar refractivity (Wildman–Crippen MR) is 71.2 cm³/mol. The Labute approximate surface area is 107 Å². The average Bonchev–Trinajstić information content (AvgIpc) is 2.33. The van der Waals surface area contributed by atoms with E-state index in [1.54, 1.807) is 12.1 Å². The number of hydrogen-bond donors (Lipinski definition) is 1. The molecule has 0 unspecified atom stereocenters. The Morgan fingerprint density at radius 1 is 1.50 bits per heavy atom. The molecule has 3 nitrogen and oxygen atoms in total. The van der Waals surface area contributed by atoms with Gasteiger partial charge in [0.2, 0.25) is 0 Å². The molecular weight excluding hydrogens is 233 g/mol. The van der Waals surface area contributed by atoms with E-state index in [4.69, 9.17) is 5.11 Å². The summed E-state index contributed by atoms with van der Waals surface area (Å²) in [5, 5.41) is 8.50. The van der Waals surface area contributed by atoms with Crippen molar-refractivity contribution < 1.29 is 14.3 Å². The van der Waals surface area contributed by atoms with Gasteiger partial charge in [0.05, 0.1) is 5.69 Å². The van der Waals surface area contributed by atoms with Gasteiger partial charge in [0.1, 0.15) is 5.82 Å². The summed E-state index contributed by atoms with van der Waals surface area (Å²) in [7, 11) is 1.85. The van der Waals surface area contributed by atoms with Crippen LogP contribution in [0.4, 0.5) is 10.1 Å². The van der Waals surface area contributed by atoms with Crippen LogP contribution in [0.15, 0.2) is 24.3 Å². The molecule has 0 heterocycles. The molecule has 1 rings (SSSR count). The van der Waals surface area contributed by atoms with E-state index < -0.39 is 5.97 Å². The number of hydrogen-bond acceptors (Lipinski definition) is 2. The van der Waals surface area contributed by atoms with Crippen molar-refractivity contribution in [1.82, 2.24) is 0 Å². The minimum absolute atomic E-state index is 0.332. The lowest BCUT2D eigenvalue weighted by Crippen LogP contribution is -2.19. The average molecular weight is 251 g/mol. The fourth-order valence-electron chi connectivity index (χ4n) is 1.62. The lowest BCUT2D eigenvalue weighted by Gasteiger charge is -2.19. The number of halogens is 1. The van der Waals surface area contributed by atoms with Crippen LogP contribution in [0.2, 0.25) is 0 Å². The Balaban J connectivity index is 2.82. The molecule has 0 atom stereocenters. The van der Waals surface area contributed by atoms with Crippen LogP contribution in [0.25, 0.3) is 6.08 Å². The van der Waals surface area contributed by atoms with E-state index >= 15 is 0 Å². The third kappa shape index (κ3) is 4.20. The second-order valence-electron chi connectivity index (χ2n) is 4.16. The number of carboxylic acid groups (broad SMARTS) is 1. The van der Waals surface area contributed by atoms with E-state index in [0.29, 0.717) is 11.3 Å². The first-order valence-electron chi connectivity index (χ1n) is 5.96. The summed E-state index contributed by atoms with van der Waals surface area (Å²) < 4.78 is 13.8. The number of carbonyl (C=O) groups is 1. The Morgan fingerprint density at radius 2 is 2.22 bits per heavy atom. The lowest BCUT2D eigenvalue weighted by atomic mass is 10.1. The number of aliphatic carboxylic acids is 1. The first-order chi connectivity index (χ1) is 8.54. The first kappa shape index (κ1) is 14.2. The number of benzene rings is 1. The van der Waals surface area contributed by atoms with Crippen LogP contribution in [0.3, 0.4) is 0 Å². The SMILES string of the molecule is CCCCN(C)c1ccc(/C=C/C(=O)O)cc1F. The zero-order valence-electron chi connectivity index (χ0n) is 10.7. The van der Waals surface area contributed by atoms with Gasteiger partial charge in [0, 0.05) is 19.7 Å². The number of carboxylic acids is 1. The highest BCUT2D eigenvalue weighted by molar-refractivity contribution is 5.85. The second-order valence-corrected chi connectivity index (χ2v) is 4.16. The zero-order valence-corrected chi connectivity index (χ0v) is 10.7. The number of rotatable bonds is 6. The minimum Gasteiger partial charge on any atom is -0.478 e. The highest BCUT2D eigenvalue weighted by Crippen LogP contribution is 2.20. The standard InChI is InChI=1S/C14H18FNO2/c1-3-4-9-16(2)13-7-5-11(10-12(13)15)6-8-14(17)18/h5-8,10H,3-4,9H2,1-2H3,(H,17,18)/b8-6+. The molecule has 0 fully saturated rings. The van der Waals surface area contributed by atoms with Crippen molar-refractivity contribution in [2.75, 3.05) is 18.5 Å². The van der Waals surface area contributed by atoms with E-state index in [9.17, 15) is 9.18 Å². The van der Waals surface area contributed by atoms with E-state index in [0.717, 1.165) is 25.5 Å². The van der Waals surface area contributed by atoms with E-state index in [2.05, 4.69) is 6.92 Å². The fraction of sp³-hybridized carbons (Fsp3) is 0.357. The largest absolute Gasteiger partial charge is 0.478 e. The summed E-state index contributed by atoms with van der Waals surface area (Å²) in [6.07, 6.45) is 4.44. The highest BCUT2D eigenvalue weighted by Gasteiger charge is 2.07. The van der Waals surface area contributed by atoms with Gasteiger partial charge in [0.15, 0.2) is 0 Å². The Bertz CT molecular complexity index is 443. The van der Waals surface area contributed by atoms with Crippen LogP contribution in [0.1, 0.15) is 25.3 Å². The number of nitrogens with zero attached hydrogens (tertiary/aromatic N) is 1. The van der Waals surface area contributed by atoms with Crippen molar-refractivity contribution in [2.45, 2.75) is 19.8 Å². The van der Waals surface area contributed by atoms with Crippen molar-refractivity contribution >= 4 is 17.7 Å².